The minimum absolute atomic E-state index is 0.138. The lowest BCUT2D eigenvalue weighted by molar-refractivity contribution is 0.0694. The maximum absolute atomic E-state index is 12.0. The highest BCUT2D eigenvalue weighted by Gasteiger charge is 2.29. The number of hydrogen-bond donors (Lipinski definition) is 2. The van der Waals surface area contributed by atoms with E-state index in [-0.39, 0.29) is 5.56 Å². The first-order chi connectivity index (χ1) is 20.2. The molecule has 2 fully saturated rings. The summed E-state index contributed by atoms with van der Waals surface area (Å²) in [5.41, 5.74) is 5.70. The van der Waals surface area contributed by atoms with E-state index in [0.717, 1.165) is 62.1 Å². The van der Waals surface area contributed by atoms with Crippen LogP contribution < -0.4 is 15.0 Å². The molecular formula is C34H39ClN4O3. The van der Waals surface area contributed by atoms with Crippen LogP contribution in [-0.2, 0) is 0 Å². The predicted octanol–water partition coefficient (Wildman–Crippen LogP) is 7.59. The number of anilines is 2. The summed E-state index contributed by atoms with van der Waals surface area (Å²) in [5, 5.41) is 13.9. The highest BCUT2D eigenvalue weighted by Crippen LogP contribution is 2.43. The van der Waals surface area contributed by atoms with Gasteiger partial charge in [-0.15, -0.1) is 0 Å². The van der Waals surface area contributed by atoms with E-state index in [1.807, 2.05) is 36.4 Å². The Morgan fingerprint density at radius 3 is 2.50 bits per heavy atom. The van der Waals surface area contributed by atoms with Gasteiger partial charge in [-0.1, -0.05) is 43.2 Å². The van der Waals surface area contributed by atoms with Crippen LogP contribution in [0.25, 0.3) is 5.57 Å². The molecule has 220 valence electrons. The van der Waals surface area contributed by atoms with Crippen LogP contribution in [0.3, 0.4) is 0 Å². The number of nitrogens with zero attached hydrogens (tertiary/aromatic N) is 3. The van der Waals surface area contributed by atoms with Gasteiger partial charge in [-0.25, -0.2) is 9.78 Å². The number of ether oxygens (including phenoxy) is 1. The van der Waals surface area contributed by atoms with Crippen molar-refractivity contribution in [3.05, 3.63) is 82.5 Å². The molecule has 2 aliphatic carbocycles. The Hall–Kier alpha value is -3.55. The third kappa shape index (κ3) is 6.90. The number of piperazine rings is 1. The van der Waals surface area contributed by atoms with E-state index in [1.54, 1.807) is 17.8 Å². The molecule has 2 N–H and O–H groups in total. The maximum Gasteiger partial charge on any atom is 0.339 e. The number of carboxylic acid groups (broad SMARTS) is 1. The first-order valence-electron chi connectivity index (χ1n) is 14.9. The monoisotopic (exact) mass is 586 g/mol. The summed E-state index contributed by atoms with van der Waals surface area (Å²) < 4.78 is 6.05. The largest absolute Gasteiger partial charge is 0.478 e. The lowest BCUT2D eigenvalue weighted by Gasteiger charge is -2.39. The van der Waals surface area contributed by atoms with Gasteiger partial charge in [0.1, 0.15) is 22.9 Å². The molecule has 1 aromatic heterocycles. The normalized spacial score (nSPS) is 19.1. The van der Waals surface area contributed by atoms with E-state index in [0.29, 0.717) is 23.0 Å². The van der Waals surface area contributed by atoms with Crippen LogP contribution in [0.2, 0.25) is 5.02 Å². The van der Waals surface area contributed by atoms with Crippen LogP contribution >= 0.6 is 11.6 Å². The summed E-state index contributed by atoms with van der Waals surface area (Å²) in [7, 11) is 0. The standard InChI is InChI=1S/C34H39ClN4O3/c1-34(2)14-13-24(30(20-34)23-3-5-25(35)6-4-23)22-38-15-17-39(18-16-38)27-9-11-29(33(40)41)31(19-27)42-28-10-12-32(36-21-28)37-26-7-8-26/h3-6,9-12,19,21,26H,7-8,13-18,20,22H2,1-2H3,(H,36,37)(H,40,41). The first kappa shape index (κ1) is 28.6. The van der Waals surface area contributed by atoms with E-state index < -0.39 is 5.97 Å². The molecule has 0 atom stereocenters. The van der Waals surface area contributed by atoms with Gasteiger partial charge >= 0.3 is 5.97 Å². The number of halogens is 1. The summed E-state index contributed by atoms with van der Waals surface area (Å²) in [5.74, 6) is 0.639. The molecule has 0 bridgehead atoms. The van der Waals surface area contributed by atoms with Crippen LogP contribution in [0.1, 0.15) is 61.9 Å². The summed E-state index contributed by atoms with van der Waals surface area (Å²) >= 11 is 6.19. The highest BCUT2D eigenvalue weighted by atomic mass is 35.5. The van der Waals surface area contributed by atoms with Gasteiger partial charge in [0.15, 0.2) is 0 Å². The molecule has 7 nitrogen and oxygen atoms in total. The summed E-state index contributed by atoms with van der Waals surface area (Å²) in [4.78, 5) is 21.2. The van der Waals surface area contributed by atoms with Crippen molar-refractivity contribution in [3.63, 3.8) is 0 Å². The molecular weight excluding hydrogens is 548 g/mol. The molecule has 2 aromatic carbocycles. The highest BCUT2D eigenvalue weighted by molar-refractivity contribution is 6.30. The van der Waals surface area contributed by atoms with Crippen LogP contribution in [0, 0.1) is 5.41 Å². The Morgan fingerprint density at radius 1 is 1.07 bits per heavy atom. The van der Waals surface area contributed by atoms with Crippen molar-refractivity contribution in [2.24, 2.45) is 5.41 Å². The molecule has 3 aromatic rings. The van der Waals surface area contributed by atoms with Crippen molar-refractivity contribution in [1.82, 2.24) is 9.88 Å². The van der Waals surface area contributed by atoms with Crippen molar-refractivity contribution in [1.29, 1.82) is 0 Å². The zero-order valence-corrected chi connectivity index (χ0v) is 25.2. The van der Waals surface area contributed by atoms with Crippen molar-refractivity contribution in [2.45, 2.75) is 52.0 Å². The van der Waals surface area contributed by atoms with Gasteiger partial charge in [-0.2, -0.15) is 0 Å². The lowest BCUT2D eigenvalue weighted by Crippen LogP contribution is -2.47. The Balaban J connectivity index is 1.13. The molecule has 1 aliphatic heterocycles. The molecule has 0 radical (unpaired) electrons. The van der Waals surface area contributed by atoms with E-state index in [1.165, 1.54) is 30.4 Å². The van der Waals surface area contributed by atoms with Crippen LogP contribution in [-0.4, -0.2) is 59.7 Å². The SMILES string of the molecule is CC1(C)CCC(CN2CCN(c3ccc(C(=O)O)c(Oc4ccc(NC5CC5)nc4)c3)CC2)=C(c2ccc(Cl)cc2)C1. The number of pyridine rings is 1. The van der Waals surface area contributed by atoms with Crippen molar-refractivity contribution in [3.8, 4) is 11.5 Å². The number of aromatic nitrogens is 1. The Labute approximate surface area is 253 Å². The van der Waals surface area contributed by atoms with Gasteiger partial charge in [-0.05, 0) is 85.1 Å². The minimum atomic E-state index is -1.01. The number of nitrogens with one attached hydrogen (secondary N) is 1. The Morgan fingerprint density at radius 2 is 1.83 bits per heavy atom. The van der Waals surface area contributed by atoms with E-state index in [9.17, 15) is 9.90 Å². The smallest absolute Gasteiger partial charge is 0.339 e. The summed E-state index contributed by atoms with van der Waals surface area (Å²) in [6.45, 7) is 9.32. The Kier molecular flexibility index (Phi) is 8.15. The molecule has 0 spiro atoms. The Bertz CT molecular complexity index is 1460. The number of rotatable bonds is 9. The molecule has 0 amide bonds. The van der Waals surface area contributed by atoms with Crippen molar-refractivity contribution >= 4 is 34.6 Å². The number of carbonyl (C=O) groups is 1. The van der Waals surface area contributed by atoms with Gasteiger partial charge in [0.05, 0.1) is 6.20 Å². The molecule has 0 unspecified atom stereocenters. The quantitative estimate of drug-likeness (QED) is 0.267. The van der Waals surface area contributed by atoms with Crippen LogP contribution in [0.15, 0.2) is 66.4 Å². The number of hydrogen-bond acceptors (Lipinski definition) is 6. The van der Waals surface area contributed by atoms with E-state index in [2.05, 4.69) is 46.1 Å². The second-order valence-electron chi connectivity index (χ2n) is 12.6. The maximum atomic E-state index is 12.0. The third-order valence-corrected chi connectivity index (χ3v) is 8.87. The molecule has 2 heterocycles. The molecule has 1 saturated carbocycles. The fourth-order valence-electron chi connectivity index (χ4n) is 5.96. The second kappa shape index (κ2) is 12.0. The van der Waals surface area contributed by atoms with Gasteiger partial charge in [0.2, 0.25) is 0 Å². The molecule has 8 heteroatoms. The molecule has 1 saturated heterocycles. The number of aromatic carboxylic acids is 1. The molecule has 3 aliphatic rings. The number of allylic oxidation sites excluding steroid dienone is 1. The molecule has 6 rings (SSSR count). The zero-order chi connectivity index (χ0) is 29.3. The predicted molar refractivity (Wildman–Crippen MR) is 169 cm³/mol. The summed E-state index contributed by atoms with van der Waals surface area (Å²) in [6.07, 6.45) is 7.38. The zero-order valence-electron chi connectivity index (χ0n) is 24.4. The minimum Gasteiger partial charge on any atom is -0.478 e. The fraction of sp³-hybridized carbons (Fsp3) is 0.412. The van der Waals surface area contributed by atoms with Crippen LogP contribution in [0.4, 0.5) is 11.5 Å². The second-order valence-corrected chi connectivity index (χ2v) is 13.0. The van der Waals surface area contributed by atoms with Gasteiger partial charge < -0.3 is 20.1 Å². The fourth-order valence-corrected chi connectivity index (χ4v) is 6.08. The van der Waals surface area contributed by atoms with Gasteiger partial charge in [0, 0.05) is 55.5 Å². The number of carboxylic acids is 1. The van der Waals surface area contributed by atoms with E-state index >= 15 is 0 Å². The van der Waals surface area contributed by atoms with Gasteiger partial charge in [0.25, 0.3) is 0 Å². The van der Waals surface area contributed by atoms with E-state index in [4.69, 9.17) is 16.3 Å². The average molecular weight is 587 g/mol. The van der Waals surface area contributed by atoms with Crippen LogP contribution in [0.5, 0.6) is 11.5 Å². The average Bonchev–Trinajstić information content (AvgIpc) is 3.80. The molecule has 42 heavy (non-hydrogen) atoms. The topological polar surface area (TPSA) is 77.9 Å². The van der Waals surface area contributed by atoms with Crippen molar-refractivity contribution < 1.29 is 14.6 Å². The number of benzene rings is 2. The first-order valence-corrected chi connectivity index (χ1v) is 15.3. The lowest BCUT2D eigenvalue weighted by atomic mass is 9.72. The third-order valence-electron chi connectivity index (χ3n) is 8.62. The van der Waals surface area contributed by atoms with Crippen molar-refractivity contribution in [2.75, 3.05) is 42.9 Å². The summed E-state index contributed by atoms with van der Waals surface area (Å²) in [6, 6.07) is 17.9. The van der Waals surface area contributed by atoms with Gasteiger partial charge in [-0.3, -0.25) is 4.90 Å².